The van der Waals surface area contributed by atoms with E-state index in [1.807, 2.05) is 6.33 Å². The molecule has 10 nitrogen and oxygen atoms in total. The zero-order chi connectivity index (χ0) is 23.6. The van der Waals surface area contributed by atoms with E-state index in [4.69, 9.17) is 25.5 Å². The molecule has 0 amide bonds. The van der Waals surface area contributed by atoms with Gasteiger partial charge in [0.2, 0.25) is 5.52 Å². The summed E-state index contributed by atoms with van der Waals surface area (Å²) >= 11 is 0. The van der Waals surface area contributed by atoms with Crippen molar-refractivity contribution in [3.05, 3.63) is 12.7 Å². The highest BCUT2D eigenvalue weighted by atomic mass is 19.4. The average Bonchev–Trinajstić information content (AvgIpc) is 3.36. The number of carboxylic acid groups (broad SMARTS) is 2. The van der Waals surface area contributed by atoms with E-state index in [9.17, 15) is 26.3 Å². The van der Waals surface area contributed by atoms with Crippen LogP contribution in [-0.2, 0) is 9.59 Å². The number of aliphatic carboxylic acids is 2. The highest BCUT2D eigenvalue weighted by Gasteiger charge is 2.47. The number of H-pyrrole nitrogens is 1. The molecule has 31 heavy (non-hydrogen) atoms. The third kappa shape index (κ3) is 5.93. The topological polar surface area (TPSA) is 168 Å². The summed E-state index contributed by atoms with van der Waals surface area (Å²) in [5, 5.41) is 20.0. The number of piperidine rings is 1. The van der Waals surface area contributed by atoms with Crippen LogP contribution in [0.15, 0.2) is 12.7 Å². The predicted octanol–water partition coefficient (Wildman–Crippen LogP) is -2.68. The van der Waals surface area contributed by atoms with Crippen LogP contribution in [0.4, 0.5) is 32.2 Å². The second kappa shape index (κ2) is 8.91. The first-order chi connectivity index (χ1) is 14.2. The Bertz CT molecular complexity index is 922. The van der Waals surface area contributed by atoms with Crippen molar-refractivity contribution in [2.24, 2.45) is 5.92 Å². The molecule has 16 heteroatoms. The number of alkyl halides is 6. The maximum atomic E-state index is 10.5. The van der Waals surface area contributed by atoms with E-state index in [2.05, 4.69) is 24.8 Å². The lowest BCUT2D eigenvalue weighted by Gasteiger charge is -2.17. The number of aromatic amines is 1. The van der Waals surface area contributed by atoms with Crippen molar-refractivity contribution < 1.29 is 56.0 Å². The molecule has 4 rings (SSSR count). The lowest BCUT2D eigenvalue weighted by Crippen LogP contribution is -2.90. The first-order valence-corrected chi connectivity index (χ1v) is 8.60. The fraction of sp³-hybridized carbons (Fsp3) is 0.533. The van der Waals surface area contributed by atoms with E-state index in [0.717, 1.165) is 17.1 Å². The largest absolute Gasteiger partial charge is 0.542 e. The lowest BCUT2D eigenvalue weighted by molar-refractivity contribution is -0.783. The molecule has 2 fully saturated rings. The molecule has 0 radical (unpaired) electrons. The monoisotopic (exact) mass is 458 g/mol. The van der Waals surface area contributed by atoms with Gasteiger partial charge in [-0.15, -0.1) is 0 Å². The van der Waals surface area contributed by atoms with Crippen LogP contribution in [0.1, 0.15) is 18.9 Å². The number of imidazole rings is 1. The van der Waals surface area contributed by atoms with E-state index < -0.39 is 24.3 Å². The van der Waals surface area contributed by atoms with Gasteiger partial charge in [0.1, 0.15) is 24.0 Å². The molecule has 2 bridgehead atoms. The molecule has 5 N–H and O–H groups in total. The van der Waals surface area contributed by atoms with Crippen LogP contribution in [0.2, 0.25) is 0 Å². The molecule has 0 aromatic carbocycles. The van der Waals surface area contributed by atoms with Gasteiger partial charge in [-0.3, -0.25) is 4.98 Å². The number of nitrogen functional groups attached to an aromatic ring is 1. The van der Waals surface area contributed by atoms with E-state index >= 15 is 0 Å². The summed E-state index contributed by atoms with van der Waals surface area (Å²) in [5.41, 5.74) is 7.63. The Morgan fingerprint density at radius 1 is 1.10 bits per heavy atom. The van der Waals surface area contributed by atoms with Crippen molar-refractivity contribution in [3.8, 4) is 0 Å². The third-order valence-electron chi connectivity index (χ3n) is 4.72. The van der Waals surface area contributed by atoms with Gasteiger partial charge < -0.3 is 30.9 Å². The minimum absolute atomic E-state index is 0.529. The molecule has 1 saturated heterocycles. The average molecular weight is 458 g/mol. The lowest BCUT2D eigenvalue weighted by atomic mass is 10.1. The van der Waals surface area contributed by atoms with Crippen molar-refractivity contribution >= 4 is 28.9 Å². The second-order valence-electron chi connectivity index (χ2n) is 6.75. The van der Waals surface area contributed by atoms with Crippen molar-refractivity contribution in [1.29, 1.82) is 0 Å². The van der Waals surface area contributed by atoms with Gasteiger partial charge in [-0.2, -0.15) is 31.3 Å². The number of carbonyl (C=O) groups is 2. The van der Waals surface area contributed by atoms with Gasteiger partial charge >= 0.3 is 18.0 Å². The number of nitrogens with zero attached hydrogens (tertiary/aromatic N) is 3. The number of carbonyl (C=O) groups excluding carboxylic acids is 2. The summed E-state index contributed by atoms with van der Waals surface area (Å²) in [6.45, 7) is 1.29. The summed E-state index contributed by atoms with van der Waals surface area (Å²) in [6, 6.07) is 1.26. The first-order valence-electron chi connectivity index (χ1n) is 8.60. The van der Waals surface area contributed by atoms with E-state index in [1.165, 1.54) is 19.4 Å². The van der Waals surface area contributed by atoms with E-state index in [1.54, 1.807) is 6.33 Å². The van der Waals surface area contributed by atoms with Gasteiger partial charge in [0.05, 0.1) is 6.54 Å². The predicted molar refractivity (Wildman–Crippen MR) is 83.0 cm³/mol. The zero-order valence-corrected chi connectivity index (χ0v) is 15.4. The Balaban J connectivity index is 0.000000206. The highest BCUT2D eigenvalue weighted by molar-refractivity contribution is 5.78. The number of nitrogens with two attached hydrogens (primary N) is 2. The van der Waals surface area contributed by atoms with Crippen LogP contribution >= 0.6 is 0 Å². The normalized spacial score (nSPS) is 22.3. The molecule has 3 atom stereocenters. The highest BCUT2D eigenvalue weighted by Crippen LogP contribution is 2.32. The molecule has 2 aromatic rings. The summed E-state index contributed by atoms with van der Waals surface area (Å²) in [6.07, 6.45) is -4.25. The van der Waals surface area contributed by atoms with Crippen LogP contribution in [0.25, 0.3) is 11.2 Å². The van der Waals surface area contributed by atoms with Gasteiger partial charge in [-0.1, -0.05) is 4.98 Å². The summed E-state index contributed by atoms with van der Waals surface area (Å²) in [5.74, 6) is -4.61. The Kier molecular flexibility index (Phi) is 6.93. The fourth-order valence-electron chi connectivity index (χ4n) is 3.46. The molecular formula is C15H16F6N6O4. The minimum atomic E-state index is -5.19. The minimum Gasteiger partial charge on any atom is -0.542 e. The number of anilines is 1. The molecule has 3 heterocycles. The Morgan fingerprint density at radius 2 is 1.65 bits per heavy atom. The van der Waals surface area contributed by atoms with Crippen molar-refractivity contribution in [3.63, 3.8) is 0 Å². The van der Waals surface area contributed by atoms with Gasteiger partial charge in [0, 0.05) is 12.3 Å². The Hall–Kier alpha value is -3.17. The maximum absolute atomic E-state index is 10.5. The Labute approximate surface area is 169 Å². The van der Waals surface area contributed by atoms with E-state index in [-0.39, 0.29) is 0 Å². The van der Waals surface area contributed by atoms with Crippen LogP contribution < -0.4 is 25.8 Å². The summed E-state index contributed by atoms with van der Waals surface area (Å²) < 4.78 is 65.3. The van der Waals surface area contributed by atoms with Gasteiger partial charge in [0.15, 0.2) is 18.5 Å². The van der Waals surface area contributed by atoms with Crippen LogP contribution in [-0.4, -0.2) is 51.8 Å². The molecule has 1 saturated carbocycles. The number of aromatic nitrogens is 4. The smallest absolute Gasteiger partial charge is 0.430 e. The van der Waals surface area contributed by atoms with Gasteiger partial charge in [-0.05, 0) is 6.42 Å². The van der Waals surface area contributed by atoms with E-state index in [0.29, 0.717) is 17.9 Å². The zero-order valence-electron chi connectivity index (χ0n) is 15.4. The quantitative estimate of drug-likeness (QED) is 0.309. The SMILES string of the molecule is Nc1ncnc2c1[nH]c[n+]2C1C[C@@H]2C[NH2+][C@H]1C2.O=C([O-])C(F)(F)F.O=C([O-])C(F)(F)F. The number of carboxylic acids is 2. The van der Waals surface area contributed by atoms with Crippen LogP contribution in [0.5, 0.6) is 0 Å². The standard InChI is InChI=1S/C11H14N6.2C2HF3O2/c12-10-9-11(15-4-14-10)17(5-16-9)8-2-6-1-7(8)13-3-6;2*3-2(4,5)1(6)7/h4-8,13H,1-3H2,(H2,12,14,15);2*(H,6,7)/t6-,7+,8?;;/m1../s1. The van der Waals surface area contributed by atoms with Gasteiger partial charge in [-0.25, -0.2) is 4.57 Å². The van der Waals surface area contributed by atoms with Crippen molar-refractivity contribution in [2.75, 3.05) is 12.3 Å². The van der Waals surface area contributed by atoms with Gasteiger partial charge in [0.25, 0.3) is 0 Å². The molecule has 172 valence electrons. The molecule has 2 aromatic heterocycles. The van der Waals surface area contributed by atoms with Crippen LogP contribution in [0.3, 0.4) is 0 Å². The second-order valence-corrected chi connectivity index (χ2v) is 6.75. The molecule has 0 spiro atoms. The first kappa shape index (κ1) is 24.1. The number of hydrogen-bond donors (Lipinski definition) is 3. The molecule has 1 unspecified atom stereocenters. The summed E-state index contributed by atoms with van der Waals surface area (Å²) in [4.78, 5) is 29.1. The molecule has 2 aliphatic rings. The van der Waals surface area contributed by atoms with Crippen molar-refractivity contribution in [2.45, 2.75) is 37.3 Å². The number of hydrogen-bond acceptors (Lipinski definition) is 7. The third-order valence-corrected chi connectivity index (χ3v) is 4.72. The van der Waals surface area contributed by atoms with Crippen LogP contribution in [0, 0.1) is 5.92 Å². The summed E-state index contributed by atoms with van der Waals surface area (Å²) in [7, 11) is 0. The molecule has 1 aliphatic heterocycles. The maximum Gasteiger partial charge on any atom is 0.430 e. The fourth-order valence-corrected chi connectivity index (χ4v) is 3.46. The number of quaternary nitrogens is 1. The molecular weight excluding hydrogens is 442 g/mol. The number of halogens is 6. The number of nitrogens with one attached hydrogen (secondary N) is 1. The number of rotatable bonds is 1. The molecule has 1 aliphatic carbocycles. The van der Waals surface area contributed by atoms with Crippen molar-refractivity contribution in [1.82, 2.24) is 15.0 Å². The number of fused-ring (bicyclic) bond motifs is 3. The Morgan fingerprint density at radius 3 is 2.06 bits per heavy atom.